The zero-order valence-corrected chi connectivity index (χ0v) is 11.4. The lowest BCUT2D eigenvalue weighted by Gasteiger charge is -2.23. The first kappa shape index (κ1) is 12.9. The van der Waals surface area contributed by atoms with Gasteiger partial charge >= 0.3 is 0 Å². The number of hydrogen-bond donors (Lipinski definition) is 0. The van der Waals surface area contributed by atoms with Gasteiger partial charge in [0.2, 0.25) is 0 Å². The molecule has 1 unspecified atom stereocenters. The molecule has 1 atom stereocenters. The highest BCUT2D eigenvalue weighted by atomic mass is 35.5. The van der Waals surface area contributed by atoms with E-state index in [2.05, 4.69) is 9.55 Å². The van der Waals surface area contributed by atoms with Gasteiger partial charge in [-0.2, -0.15) is 0 Å². The van der Waals surface area contributed by atoms with E-state index in [0.717, 1.165) is 37.3 Å². The van der Waals surface area contributed by atoms with Gasteiger partial charge in [0.1, 0.15) is 11.6 Å². The highest BCUT2D eigenvalue weighted by Gasteiger charge is 2.18. The van der Waals surface area contributed by atoms with E-state index in [1.807, 2.05) is 0 Å². The Balaban J connectivity index is 1.95. The van der Waals surface area contributed by atoms with E-state index in [0.29, 0.717) is 11.4 Å². The number of fused-ring (bicyclic) bond motifs is 1. The molecule has 0 N–H and O–H groups in total. The molecule has 2 aromatic rings. The summed E-state index contributed by atoms with van der Waals surface area (Å²) in [7, 11) is 0. The largest absolute Gasteiger partial charge is 0.376 e. The second kappa shape index (κ2) is 5.47. The third-order valence-corrected chi connectivity index (χ3v) is 3.81. The molecule has 3 rings (SSSR count). The van der Waals surface area contributed by atoms with Crippen molar-refractivity contribution >= 4 is 22.6 Å². The van der Waals surface area contributed by atoms with Crippen LogP contribution in [0.4, 0.5) is 4.39 Å². The smallest absolute Gasteiger partial charge is 0.125 e. The highest BCUT2D eigenvalue weighted by molar-refractivity contribution is 6.16. The average Bonchev–Trinajstić information content (AvgIpc) is 2.77. The SMILES string of the molecule is Fc1ccc2c(c1)nc(CCl)n2CC1CCCCO1. The van der Waals surface area contributed by atoms with Crippen LogP contribution in [0.25, 0.3) is 11.0 Å². The lowest BCUT2D eigenvalue weighted by molar-refractivity contribution is 0.00627. The summed E-state index contributed by atoms with van der Waals surface area (Å²) < 4.78 is 21.0. The molecule has 0 spiro atoms. The van der Waals surface area contributed by atoms with Crippen molar-refractivity contribution in [1.29, 1.82) is 0 Å². The predicted octanol–water partition coefficient (Wildman–Crippen LogP) is 3.48. The number of rotatable bonds is 3. The van der Waals surface area contributed by atoms with Crippen molar-refractivity contribution in [2.45, 2.75) is 37.8 Å². The molecule has 1 saturated heterocycles. The lowest BCUT2D eigenvalue weighted by Crippen LogP contribution is -2.25. The van der Waals surface area contributed by atoms with Crippen LogP contribution >= 0.6 is 11.6 Å². The Bertz CT molecular complexity index is 578. The Labute approximate surface area is 116 Å². The van der Waals surface area contributed by atoms with Gasteiger partial charge in [-0.1, -0.05) is 0 Å². The third-order valence-electron chi connectivity index (χ3n) is 3.57. The van der Waals surface area contributed by atoms with Crippen molar-refractivity contribution in [1.82, 2.24) is 9.55 Å². The molecule has 1 aromatic carbocycles. The first-order valence-electron chi connectivity index (χ1n) is 6.60. The fourth-order valence-electron chi connectivity index (χ4n) is 2.61. The van der Waals surface area contributed by atoms with Crippen molar-refractivity contribution in [2.75, 3.05) is 6.61 Å². The second-order valence-corrected chi connectivity index (χ2v) is 5.16. The minimum atomic E-state index is -0.271. The van der Waals surface area contributed by atoms with Gasteiger partial charge in [-0.3, -0.25) is 0 Å². The van der Waals surface area contributed by atoms with Gasteiger partial charge in [-0.25, -0.2) is 9.37 Å². The molecule has 102 valence electrons. The van der Waals surface area contributed by atoms with Gasteiger partial charge in [0, 0.05) is 12.7 Å². The van der Waals surface area contributed by atoms with Gasteiger partial charge < -0.3 is 9.30 Å². The molecule has 0 saturated carbocycles. The van der Waals surface area contributed by atoms with Gasteiger partial charge in [0.25, 0.3) is 0 Å². The maximum absolute atomic E-state index is 13.2. The number of halogens is 2. The Morgan fingerprint density at radius 1 is 1.42 bits per heavy atom. The first-order chi connectivity index (χ1) is 9.28. The summed E-state index contributed by atoms with van der Waals surface area (Å²) in [6.07, 6.45) is 3.60. The Hall–Kier alpha value is -1.13. The van der Waals surface area contributed by atoms with Crippen LogP contribution in [-0.2, 0) is 17.2 Å². The summed E-state index contributed by atoms with van der Waals surface area (Å²) in [6, 6.07) is 4.67. The van der Waals surface area contributed by atoms with Gasteiger partial charge in [-0.05, 0) is 31.4 Å². The highest BCUT2D eigenvalue weighted by Crippen LogP contribution is 2.22. The number of nitrogens with zero attached hydrogens (tertiary/aromatic N) is 2. The lowest BCUT2D eigenvalue weighted by atomic mass is 10.1. The van der Waals surface area contributed by atoms with Crippen LogP contribution in [0.3, 0.4) is 0 Å². The summed E-state index contributed by atoms with van der Waals surface area (Å²) in [4.78, 5) is 4.39. The molecule has 3 nitrogen and oxygen atoms in total. The summed E-state index contributed by atoms with van der Waals surface area (Å²) >= 11 is 5.94. The molecule has 19 heavy (non-hydrogen) atoms. The molecule has 2 heterocycles. The van der Waals surface area contributed by atoms with E-state index in [-0.39, 0.29) is 11.9 Å². The minimum absolute atomic E-state index is 0.207. The van der Waals surface area contributed by atoms with Crippen LogP contribution in [-0.4, -0.2) is 22.3 Å². The van der Waals surface area contributed by atoms with Gasteiger partial charge in [0.05, 0.1) is 29.6 Å². The summed E-state index contributed by atoms with van der Waals surface area (Å²) in [5.74, 6) is 0.826. The molecule has 1 aromatic heterocycles. The quantitative estimate of drug-likeness (QED) is 0.806. The average molecular weight is 283 g/mol. The van der Waals surface area contributed by atoms with E-state index >= 15 is 0 Å². The fourth-order valence-corrected chi connectivity index (χ4v) is 2.82. The maximum Gasteiger partial charge on any atom is 0.125 e. The summed E-state index contributed by atoms with van der Waals surface area (Å²) in [5.41, 5.74) is 1.58. The number of hydrogen-bond acceptors (Lipinski definition) is 2. The normalized spacial score (nSPS) is 20.0. The maximum atomic E-state index is 13.2. The monoisotopic (exact) mass is 282 g/mol. The van der Waals surface area contributed by atoms with Crippen LogP contribution in [0.2, 0.25) is 0 Å². The second-order valence-electron chi connectivity index (χ2n) is 4.89. The topological polar surface area (TPSA) is 27.1 Å². The molecule has 1 aliphatic heterocycles. The van der Waals surface area contributed by atoms with Crippen LogP contribution in [0.1, 0.15) is 25.1 Å². The number of ether oxygens (including phenoxy) is 1. The van der Waals surface area contributed by atoms with Crippen LogP contribution < -0.4 is 0 Å². The van der Waals surface area contributed by atoms with Crippen LogP contribution in [0, 0.1) is 5.82 Å². The molecular weight excluding hydrogens is 267 g/mol. The van der Waals surface area contributed by atoms with Crippen LogP contribution in [0.15, 0.2) is 18.2 Å². The Morgan fingerprint density at radius 3 is 3.05 bits per heavy atom. The number of alkyl halides is 1. The van der Waals surface area contributed by atoms with Crippen molar-refractivity contribution in [3.63, 3.8) is 0 Å². The molecule has 0 bridgehead atoms. The third kappa shape index (κ3) is 2.60. The predicted molar refractivity (Wildman–Crippen MR) is 72.8 cm³/mol. The fraction of sp³-hybridized carbons (Fsp3) is 0.500. The van der Waals surface area contributed by atoms with E-state index in [1.54, 1.807) is 6.07 Å². The molecule has 0 amide bonds. The van der Waals surface area contributed by atoms with E-state index < -0.39 is 0 Å². The van der Waals surface area contributed by atoms with Gasteiger partial charge in [0.15, 0.2) is 0 Å². The van der Waals surface area contributed by atoms with Crippen molar-refractivity contribution in [3.05, 3.63) is 29.8 Å². The van der Waals surface area contributed by atoms with Gasteiger partial charge in [-0.15, -0.1) is 11.6 Å². The molecular formula is C14H16ClFN2O. The molecule has 1 aliphatic rings. The number of benzene rings is 1. The zero-order chi connectivity index (χ0) is 13.2. The van der Waals surface area contributed by atoms with Crippen molar-refractivity contribution in [2.24, 2.45) is 0 Å². The Morgan fingerprint density at radius 2 is 2.32 bits per heavy atom. The number of imidazole rings is 1. The first-order valence-corrected chi connectivity index (χ1v) is 7.13. The van der Waals surface area contributed by atoms with E-state index in [1.165, 1.54) is 18.6 Å². The molecule has 0 radical (unpaired) electrons. The molecule has 1 fully saturated rings. The zero-order valence-electron chi connectivity index (χ0n) is 10.6. The van der Waals surface area contributed by atoms with Crippen LogP contribution in [0.5, 0.6) is 0 Å². The number of aromatic nitrogens is 2. The molecule has 0 aliphatic carbocycles. The van der Waals surface area contributed by atoms with E-state index in [9.17, 15) is 4.39 Å². The Kier molecular flexibility index (Phi) is 3.71. The van der Waals surface area contributed by atoms with Crippen molar-refractivity contribution in [3.8, 4) is 0 Å². The summed E-state index contributed by atoms with van der Waals surface area (Å²) in [6.45, 7) is 1.56. The van der Waals surface area contributed by atoms with E-state index in [4.69, 9.17) is 16.3 Å². The minimum Gasteiger partial charge on any atom is -0.376 e. The standard InChI is InChI=1S/C14H16ClFN2O/c15-8-14-17-12-7-10(16)4-5-13(12)18(14)9-11-3-1-2-6-19-11/h4-5,7,11H,1-3,6,8-9H2. The van der Waals surface area contributed by atoms with Crippen molar-refractivity contribution < 1.29 is 9.13 Å². The summed E-state index contributed by atoms with van der Waals surface area (Å²) in [5, 5.41) is 0. The molecule has 5 heteroatoms.